The number of rotatable bonds is 16. The molecule has 0 N–H and O–H groups in total. The molecule has 0 heterocycles. The number of hydrogen-bond acceptors (Lipinski definition) is 1. The second-order valence-corrected chi connectivity index (χ2v) is 8.08. The largest absolute Gasteiger partial charge is 0.303 e. The van der Waals surface area contributed by atoms with Crippen molar-refractivity contribution in [1.29, 1.82) is 0 Å². The van der Waals surface area contributed by atoms with Crippen molar-refractivity contribution < 1.29 is 0 Å². The van der Waals surface area contributed by atoms with E-state index in [9.17, 15) is 0 Å². The van der Waals surface area contributed by atoms with Gasteiger partial charge in [0.25, 0.3) is 0 Å². The van der Waals surface area contributed by atoms with Gasteiger partial charge in [0.05, 0.1) is 0 Å². The molecule has 0 aromatic rings. The van der Waals surface area contributed by atoms with Gasteiger partial charge in [0.1, 0.15) is 0 Å². The van der Waals surface area contributed by atoms with Crippen molar-refractivity contribution in [1.82, 2.24) is 4.90 Å². The maximum atomic E-state index is 2.68. The van der Waals surface area contributed by atoms with Gasteiger partial charge < -0.3 is 4.90 Å². The minimum atomic E-state index is 0.798. The van der Waals surface area contributed by atoms with Crippen molar-refractivity contribution in [3.05, 3.63) is 0 Å². The Morgan fingerprint density at radius 2 is 0.909 bits per heavy atom. The quantitative estimate of drug-likeness (QED) is 0.280. The first-order valence-electron chi connectivity index (χ1n) is 10.3. The first-order chi connectivity index (χ1) is 10.6. The van der Waals surface area contributed by atoms with Gasteiger partial charge in [-0.15, -0.1) is 0 Å². The summed E-state index contributed by atoms with van der Waals surface area (Å²) in [6.07, 6.45) is 15.9. The third-order valence-electron chi connectivity index (χ3n) is 4.32. The summed E-state index contributed by atoms with van der Waals surface area (Å²) in [6, 6.07) is 0. The van der Waals surface area contributed by atoms with Gasteiger partial charge in [0.15, 0.2) is 0 Å². The van der Waals surface area contributed by atoms with Crippen LogP contribution >= 0.6 is 0 Å². The Morgan fingerprint density at radius 1 is 0.545 bits per heavy atom. The van der Waals surface area contributed by atoms with E-state index < -0.39 is 0 Å². The van der Waals surface area contributed by atoms with Gasteiger partial charge in [0.2, 0.25) is 0 Å². The lowest BCUT2D eigenvalue weighted by molar-refractivity contribution is 0.215. The first-order valence-corrected chi connectivity index (χ1v) is 10.3. The van der Waals surface area contributed by atoms with Crippen LogP contribution in [0.5, 0.6) is 0 Å². The normalized spacial score (nSPS) is 12.0. The van der Waals surface area contributed by atoms with E-state index in [-0.39, 0.29) is 0 Å². The van der Waals surface area contributed by atoms with E-state index in [0.29, 0.717) is 0 Å². The highest BCUT2D eigenvalue weighted by Gasteiger charge is 2.08. The minimum absolute atomic E-state index is 0.798. The summed E-state index contributed by atoms with van der Waals surface area (Å²) >= 11 is 0. The molecule has 134 valence electrons. The van der Waals surface area contributed by atoms with Crippen LogP contribution < -0.4 is 0 Å². The zero-order valence-corrected chi connectivity index (χ0v) is 16.5. The Morgan fingerprint density at radius 3 is 1.27 bits per heavy atom. The molecule has 0 saturated carbocycles. The van der Waals surface area contributed by atoms with E-state index in [2.05, 4.69) is 39.5 Å². The summed E-state index contributed by atoms with van der Waals surface area (Å²) in [4.78, 5) is 2.68. The molecule has 1 heteroatoms. The summed E-state index contributed by atoms with van der Waals surface area (Å²) in [5, 5.41) is 0. The SMILES string of the molecule is CCCCCCCCCCCCCN(CC(C)C)CC(C)C. The zero-order chi connectivity index (χ0) is 16.6. The van der Waals surface area contributed by atoms with Gasteiger partial charge in [0, 0.05) is 13.1 Å². The van der Waals surface area contributed by atoms with Crippen molar-refractivity contribution in [3.63, 3.8) is 0 Å². The Hall–Kier alpha value is -0.0400. The van der Waals surface area contributed by atoms with Crippen LogP contribution in [0.15, 0.2) is 0 Å². The van der Waals surface area contributed by atoms with Gasteiger partial charge in [-0.2, -0.15) is 0 Å². The van der Waals surface area contributed by atoms with Crippen LogP contribution in [0.2, 0.25) is 0 Å². The lowest BCUT2D eigenvalue weighted by Crippen LogP contribution is -2.32. The minimum Gasteiger partial charge on any atom is -0.303 e. The van der Waals surface area contributed by atoms with Crippen LogP contribution in [0.3, 0.4) is 0 Å². The molecule has 1 nitrogen and oxygen atoms in total. The highest BCUT2D eigenvalue weighted by molar-refractivity contribution is 4.63. The molecule has 0 fully saturated rings. The average Bonchev–Trinajstić information content (AvgIpc) is 2.43. The van der Waals surface area contributed by atoms with Crippen molar-refractivity contribution in [3.8, 4) is 0 Å². The molecule has 0 aliphatic heterocycles. The molecule has 0 bridgehead atoms. The average molecular weight is 312 g/mol. The van der Waals surface area contributed by atoms with Gasteiger partial charge in [-0.25, -0.2) is 0 Å². The van der Waals surface area contributed by atoms with Gasteiger partial charge >= 0.3 is 0 Å². The predicted octanol–water partition coefficient (Wildman–Crippen LogP) is 6.91. The Balaban J connectivity index is 3.41. The van der Waals surface area contributed by atoms with Crippen molar-refractivity contribution in [2.24, 2.45) is 11.8 Å². The molecule has 0 aliphatic carbocycles. The third-order valence-corrected chi connectivity index (χ3v) is 4.32. The van der Waals surface area contributed by atoms with E-state index >= 15 is 0 Å². The maximum Gasteiger partial charge on any atom is 0.000449 e. The molecule has 22 heavy (non-hydrogen) atoms. The summed E-state index contributed by atoms with van der Waals surface area (Å²) in [7, 11) is 0. The molecule has 0 aromatic carbocycles. The van der Waals surface area contributed by atoms with Crippen LogP contribution in [0.25, 0.3) is 0 Å². The molecule has 0 unspecified atom stereocenters. The lowest BCUT2D eigenvalue weighted by atomic mass is 10.1. The topological polar surface area (TPSA) is 3.24 Å². The highest BCUT2D eigenvalue weighted by atomic mass is 15.1. The van der Waals surface area contributed by atoms with Gasteiger partial charge in [-0.3, -0.25) is 0 Å². The fourth-order valence-electron chi connectivity index (χ4n) is 3.29. The number of nitrogens with zero attached hydrogens (tertiary/aromatic N) is 1. The van der Waals surface area contributed by atoms with E-state index in [0.717, 1.165) is 11.8 Å². The molecule has 0 spiro atoms. The van der Waals surface area contributed by atoms with E-state index in [1.807, 2.05) is 0 Å². The third kappa shape index (κ3) is 16.3. The Labute approximate surface area is 142 Å². The second-order valence-electron chi connectivity index (χ2n) is 8.08. The fourth-order valence-corrected chi connectivity index (χ4v) is 3.29. The van der Waals surface area contributed by atoms with Crippen LogP contribution in [0.4, 0.5) is 0 Å². The molecular weight excluding hydrogens is 266 g/mol. The first kappa shape index (κ1) is 22.0. The van der Waals surface area contributed by atoms with Crippen LogP contribution in [-0.2, 0) is 0 Å². The van der Waals surface area contributed by atoms with Crippen molar-refractivity contribution in [2.45, 2.75) is 105 Å². The van der Waals surface area contributed by atoms with Gasteiger partial charge in [-0.05, 0) is 24.8 Å². The summed E-state index contributed by atoms with van der Waals surface area (Å²) in [5.74, 6) is 1.60. The monoisotopic (exact) mass is 311 g/mol. The molecule has 0 aliphatic rings. The van der Waals surface area contributed by atoms with E-state index in [4.69, 9.17) is 0 Å². The van der Waals surface area contributed by atoms with Gasteiger partial charge in [-0.1, -0.05) is 98.8 Å². The van der Waals surface area contributed by atoms with E-state index in [1.54, 1.807) is 0 Å². The van der Waals surface area contributed by atoms with Crippen molar-refractivity contribution >= 4 is 0 Å². The molecule has 0 rings (SSSR count). The molecule has 0 amide bonds. The molecule has 0 radical (unpaired) electrons. The number of hydrogen-bond donors (Lipinski definition) is 0. The highest BCUT2D eigenvalue weighted by Crippen LogP contribution is 2.12. The summed E-state index contributed by atoms with van der Waals surface area (Å²) in [6.45, 7) is 15.5. The predicted molar refractivity (Wildman–Crippen MR) is 103 cm³/mol. The zero-order valence-electron chi connectivity index (χ0n) is 16.5. The molecule has 0 atom stereocenters. The summed E-state index contributed by atoms with van der Waals surface area (Å²) in [5.41, 5.74) is 0. The van der Waals surface area contributed by atoms with Crippen molar-refractivity contribution in [2.75, 3.05) is 19.6 Å². The fraction of sp³-hybridized carbons (Fsp3) is 1.00. The smallest absolute Gasteiger partial charge is 0.000449 e. The lowest BCUT2D eigenvalue weighted by Gasteiger charge is -2.26. The van der Waals surface area contributed by atoms with E-state index in [1.165, 1.54) is 90.3 Å². The molecular formula is C21H45N. The van der Waals surface area contributed by atoms with Crippen LogP contribution in [0, 0.1) is 11.8 Å². The Bertz CT molecular complexity index is 200. The number of unbranched alkanes of at least 4 members (excludes halogenated alkanes) is 10. The standard InChI is InChI=1S/C21H45N/c1-6-7-8-9-10-11-12-13-14-15-16-17-22(18-20(2)3)19-21(4)5/h20-21H,6-19H2,1-5H3. The van der Waals surface area contributed by atoms with Crippen LogP contribution in [0.1, 0.15) is 105 Å². The summed E-state index contributed by atoms with van der Waals surface area (Å²) < 4.78 is 0. The molecule has 0 saturated heterocycles. The maximum absolute atomic E-state index is 2.68. The molecule has 0 aromatic heterocycles. The second kappa shape index (κ2) is 15.8. The van der Waals surface area contributed by atoms with Crippen LogP contribution in [-0.4, -0.2) is 24.5 Å². The Kier molecular flexibility index (Phi) is 15.8.